The van der Waals surface area contributed by atoms with Crippen molar-refractivity contribution in [2.75, 3.05) is 13.6 Å². The molecule has 17 heavy (non-hydrogen) atoms. The molecule has 0 fully saturated rings. The molecule has 5 nitrogen and oxygen atoms in total. The molecule has 2 N–H and O–H groups in total. The van der Waals surface area contributed by atoms with Crippen molar-refractivity contribution >= 4 is 12.0 Å². The third-order valence-electron chi connectivity index (χ3n) is 2.06. The van der Waals surface area contributed by atoms with Crippen molar-refractivity contribution in [2.24, 2.45) is 5.92 Å². The van der Waals surface area contributed by atoms with Crippen LogP contribution >= 0.6 is 0 Å². The zero-order valence-electron chi connectivity index (χ0n) is 10.1. The lowest BCUT2D eigenvalue weighted by molar-refractivity contribution is -0.139. The lowest BCUT2D eigenvalue weighted by atomic mass is 10.0. The Hall–Kier alpha value is -1.40. The molecule has 0 aromatic rings. The van der Waals surface area contributed by atoms with E-state index in [2.05, 4.69) is 5.32 Å². The fraction of sp³-hybridized carbons (Fsp3) is 0.800. The average molecular weight is 252 g/mol. The fourth-order valence-electron chi connectivity index (χ4n) is 1.24. The summed E-state index contributed by atoms with van der Waals surface area (Å²) in [5.41, 5.74) is 0. The summed E-state index contributed by atoms with van der Waals surface area (Å²) in [6.45, 7) is 2.90. The topological polar surface area (TPSA) is 69.6 Å². The maximum atomic E-state index is 12.0. The van der Waals surface area contributed by atoms with E-state index in [9.17, 15) is 18.4 Å². The van der Waals surface area contributed by atoms with Gasteiger partial charge in [0, 0.05) is 7.05 Å². The number of urea groups is 1. The number of rotatable bonds is 6. The first-order chi connectivity index (χ1) is 7.73. The molecular formula is C10H18F2N2O3. The van der Waals surface area contributed by atoms with E-state index < -0.39 is 31.0 Å². The van der Waals surface area contributed by atoms with Crippen LogP contribution in [0, 0.1) is 5.92 Å². The second-order valence-electron chi connectivity index (χ2n) is 4.24. The Labute approximate surface area is 98.8 Å². The number of nitrogens with one attached hydrogen (secondary N) is 1. The fourth-order valence-corrected chi connectivity index (χ4v) is 1.24. The smallest absolute Gasteiger partial charge is 0.326 e. The third-order valence-corrected chi connectivity index (χ3v) is 2.06. The van der Waals surface area contributed by atoms with E-state index in [1.54, 1.807) is 0 Å². The molecule has 0 aliphatic heterocycles. The summed E-state index contributed by atoms with van der Waals surface area (Å²) < 4.78 is 24.0. The minimum Gasteiger partial charge on any atom is -0.480 e. The lowest BCUT2D eigenvalue weighted by Gasteiger charge is -2.22. The summed E-state index contributed by atoms with van der Waals surface area (Å²) in [5, 5.41) is 11.1. The highest BCUT2D eigenvalue weighted by Crippen LogP contribution is 2.06. The summed E-state index contributed by atoms with van der Waals surface area (Å²) in [5.74, 6) is -1.09. The predicted octanol–water partition coefficient (Wildman–Crippen LogP) is 1.39. The summed E-state index contributed by atoms with van der Waals surface area (Å²) >= 11 is 0. The van der Waals surface area contributed by atoms with Gasteiger partial charge < -0.3 is 15.3 Å². The quantitative estimate of drug-likeness (QED) is 0.750. The molecule has 0 saturated carbocycles. The Morgan fingerprint density at radius 3 is 2.24 bits per heavy atom. The first-order valence-corrected chi connectivity index (χ1v) is 5.26. The molecule has 0 bridgehead atoms. The molecule has 0 unspecified atom stereocenters. The molecule has 0 aliphatic carbocycles. The van der Waals surface area contributed by atoms with Crippen LogP contribution in [-0.2, 0) is 4.79 Å². The molecule has 2 amide bonds. The highest BCUT2D eigenvalue weighted by Gasteiger charge is 2.23. The minimum absolute atomic E-state index is 0.0804. The first kappa shape index (κ1) is 15.6. The zero-order valence-corrected chi connectivity index (χ0v) is 10.1. The number of alkyl halides is 2. The maximum Gasteiger partial charge on any atom is 0.326 e. The molecule has 0 saturated heterocycles. The minimum atomic E-state index is -2.64. The van der Waals surface area contributed by atoms with Crippen molar-refractivity contribution in [2.45, 2.75) is 32.7 Å². The lowest BCUT2D eigenvalue weighted by Crippen LogP contribution is -2.48. The monoisotopic (exact) mass is 252 g/mol. The van der Waals surface area contributed by atoms with E-state index in [1.807, 2.05) is 13.8 Å². The van der Waals surface area contributed by atoms with Gasteiger partial charge in [-0.1, -0.05) is 13.8 Å². The Morgan fingerprint density at radius 2 is 1.88 bits per heavy atom. The van der Waals surface area contributed by atoms with Gasteiger partial charge in [-0.25, -0.2) is 18.4 Å². The molecular weight excluding hydrogens is 234 g/mol. The number of carbonyl (C=O) groups is 2. The van der Waals surface area contributed by atoms with E-state index >= 15 is 0 Å². The summed E-state index contributed by atoms with van der Waals surface area (Å²) in [7, 11) is 1.19. The largest absolute Gasteiger partial charge is 0.480 e. The second kappa shape index (κ2) is 7.03. The van der Waals surface area contributed by atoms with Crippen molar-refractivity contribution in [3.8, 4) is 0 Å². The number of hydrogen-bond acceptors (Lipinski definition) is 2. The summed E-state index contributed by atoms with van der Waals surface area (Å²) in [6.07, 6.45) is -2.39. The molecule has 0 rings (SSSR count). The van der Waals surface area contributed by atoms with Gasteiger partial charge in [0.1, 0.15) is 6.04 Å². The van der Waals surface area contributed by atoms with Gasteiger partial charge in [-0.05, 0) is 12.3 Å². The van der Waals surface area contributed by atoms with Crippen molar-refractivity contribution in [1.82, 2.24) is 10.2 Å². The number of nitrogens with zero attached hydrogens (tertiary/aromatic N) is 1. The average Bonchev–Trinajstić information content (AvgIpc) is 2.14. The van der Waals surface area contributed by atoms with Gasteiger partial charge in [-0.2, -0.15) is 0 Å². The van der Waals surface area contributed by atoms with E-state index in [0.717, 1.165) is 4.90 Å². The number of aliphatic carboxylic acids is 1. The number of carboxylic acids is 1. The van der Waals surface area contributed by atoms with Gasteiger partial charge in [0.25, 0.3) is 6.43 Å². The van der Waals surface area contributed by atoms with Gasteiger partial charge >= 0.3 is 12.0 Å². The van der Waals surface area contributed by atoms with E-state index in [1.165, 1.54) is 7.05 Å². The molecule has 1 atom stereocenters. The standard InChI is InChI=1S/C10H18F2N2O3/c1-6(2)4-7(9(15)16)13-10(17)14(3)5-8(11)12/h6-8H,4-5H2,1-3H3,(H,13,17)(H,15,16)/t7-/m0/s1. The molecule has 7 heteroatoms. The van der Waals surface area contributed by atoms with Gasteiger partial charge in [-0.15, -0.1) is 0 Å². The van der Waals surface area contributed by atoms with Crippen molar-refractivity contribution in [1.29, 1.82) is 0 Å². The van der Waals surface area contributed by atoms with Crippen LogP contribution in [0.4, 0.5) is 13.6 Å². The molecule has 0 heterocycles. The Kier molecular flexibility index (Phi) is 6.45. The predicted molar refractivity (Wildman–Crippen MR) is 58.0 cm³/mol. The highest BCUT2D eigenvalue weighted by atomic mass is 19.3. The van der Waals surface area contributed by atoms with Crippen LogP contribution in [0.1, 0.15) is 20.3 Å². The van der Waals surface area contributed by atoms with Crippen LogP contribution < -0.4 is 5.32 Å². The van der Waals surface area contributed by atoms with Gasteiger partial charge in [-0.3, -0.25) is 0 Å². The molecule has 0 aromatic carbocycles. The molecule has 0 aliphatic rings. The number of amides is 2. The van der Waals surface area contributed by atoms with Crippen LogP contribution in [-0.4, -0.2) is 48.1 Å². The van der Waals surface area contributed by atoms with Crippen molar-refractivity contribution in [3.05, 3.63) is 0 Å². The van der Waals surface area contributed by atoms with Gasteiger partial charge in [0.05, 0.1) is 6.54 Å². The zero-order chi connectivity index (χ0) is 13.6. The van der Waals surface area contributed by atoms with Crippen LogP contribution in [0.25, 0.3) is 0 Å². The second-order valence-corrected chi connectivity index (χ2v) is 4.24. The van der Waals surface area contributed by atoms with Crippen LogP contribution in [0.5, 0.6) is 0 Å². The van der Waals surface area contributed by atoms with Crippen LogP contribution in [0.3, 0.4) is 0 Å². The Bertz CT molecular complexity index is 272. The molecule has 0 radical (unpaired) electrons. The molecule has 0 spiro atoms. The van der Waals surface area contributed by atoms with E-state index in [-0.39, 0.29) is 12.3 Å². The van der Waals surface area contributed by atoms with Crippen molar-refractivity contribution < 1.29 is 23.5 Å². The Morgan fingerprint density at radius 1 is 1.35 bits per heavy atom. The maximum absolute atomic E-state index is 12.0. The van der Waals surface area contributed by atoms with Gasteiger partial charge in [0.15, 0.2) is 0 Å². The number of carboxylic acid groups (broad SMARTS) is 1. The summed E-state index contributed by atoms with van der Waals surface area (Å²) in [4.78, 5) is 23.0. The van der Waals surface area contributed by atoms with Crippen molar-refractivity contribution in [3.63, 3.8) is 0 Å². The van der Waals surface area contributed by atoms with E-state index in [4.69, 9.17) is 5.11 Å². The molecule has 100 valence electrons. The summed E-state index contributed by atoms with van der Waals surface area (Å²) in [6, 6.07) is -1.86. The molecule has 0 aromatic heterocycles. The van der Waals surface area contributed by atoms with Gasteiger partial charge in [0.2, 0.25) is 0 Å². The highest BCUT2D eigenvalue weighted by molar-refractivity contribution is 5.82. The third kappa shape index (κ3) is 6.70. The Balaban J connectivity index is 4.35. The first-order valence-electron chi connectivity index (χ1n) is 5.26. The van der Waals surface area contributed by atoms with Crippen LogP contribution in [0.2, 0.25) is 0 Å². The number of carbonyl (C=O) groups excluding carboxylic acids is 1. The van der Waals surface area contributed by atoms with Crippen LogP contribution in [0.15, 0.2) is 0 Å². The SMILES string of the molecule is CC(C)C[C@H](NC(=O)N(C)CC(F)F)C(=O)O. The van der Waals surface area contributed by atoms with E-state index in [0.29, 0.717) is 0 Å². The normalized spacial score (nSPS) is 12.6. The number of hydrogen-bond donors (Lipinski definition) is 2. The number of halogens is 2.